The summed E-state index contributed by atoms with van der Waals surface area (Å²) in [6.07, 6.45) is 0. The first kappa shape index (κ1) is 10.00. The van der Waals surface area contributed by atoms with E-state index in [-0.39, 0.29) is 0 Å². The molecule has 0 saturated carbocycles. The van der Waals surface area contributed by atoms with Gasteiger partial charge in [-0.3, -0.25) is 0 Å². The Bertz CT molecular complexity index is 522. The molecular weight excluding hydrogens is 218 g/mol. The Labute approximate surface area is 98.7 Å². The number of hydrogen-bond donors (Lipinski definition) is 2. The fourth-order valence-electron chi connectivity index (χ4n) is 1.88. The van der Waals surface area contributed by atoms with Gasteiger partial charge in [-0.25, -0.2) is 0 Å². The lowest BCUT2D eigenvalue weighted by molar-refractivity contribution is 0.481. The highest BCUT2D eigenvalue weighted by molar-refractivity contribution is 8.00. The largest absolute Gasteiger partial charge is 0.507 e. The molecule has 0 aliphatic carbocycles. The zero-order valence-electron chi connectivity index (χ0n) is 8.81. The number of phenolic OH excluding ortho intramolecular Hbond substituents is 1. The highest BCUT2D eigenvalue weighted by Crippen LogP contribution is 2.35. The molecule has 0 atom stereocenters. The Morgan fingerprint density at radius 3 is 2.50 bits per heavy atom. The maximum Gasteiger partial charge on any atom is 0.123 e. The highest BCUT2D eigenvalue weighted by atomic mass is 32.2. The SMILES string of the molecule is Oc1ccc(SC2CNC2)c2ccccc12. The van der Waals surface area contributed by atoms with E-state index < -0.39 is 0 Å². The summed E-state index contributed by atoms with van der Waals surface area (Å²) in [6, 6.07) is 11.8. The first-order chi connectivity index (χ1) is 7.84. The van der Waals surface area contributed by atoms with E-state index >= 15 is 0 Å². The molecule has 0 bridgehead atoms. The van der Waals surface area contributed by atoms with Gasteiger partial charge in [0, 0.05) is 28.6 Å². The Morgan fingerprint density at radius 2 is 1.81 bits per heavy atom. The third-order valence-corrected chi connectivity index (χ3v) is 4.18. The van der Waals surface area contributed by atoms with E-state index in [1.54, 1.807) is 6.07 Å². The fraction of sp³-hybridized carbons (Fsp3) is 0.231. The van der Waals surface area contributed by atoms with Gasteiger partial charge in [0.05, 0.1) is 0 Å². The summed E-state index contributed by atoms with van der Waals surface area (Å²) in [5.74, 6) is 0.367. The number of fused-ring (bicyclic) bond motifs is 1. The van der Waals surface area contributed by atoms with Gasteiger partial charge < -0.3 is 10.4 Å². The Morgan fingerprint density at radius 1 is 1.06 bits per heavy atom. The highest BCUT2D eigenvalue weighted by Gasteiger charge is 2.19. The number of nitrogens with one attached hydrogen (secondary N) is 1. The van der Waals surface area contributed by atoms with Crippen molar-refractivity contribution >= 4 is 22.5 Å². The Kier molecular flexibility index (Phi) is 2.50. The monoisotopic (exact) mass is 231 g/mol. The molecule has 0 unspecified atom stereocenters. The molecule has 0 amide bonds. The predicted molar refractivity (Wildman–Crippen MR) is 68.1 cm³/mol. The second kappa shape index (κ2) is 4.00. The smallest absolute Gasteiger partial charge is 0.123 e. The van der Waals surface area contributed by atoms with Crippen LogP contribution in [0.25, 0.3) is 10.8 Å². The fourth-order valence-corrected chi connectivity index (χ4v) is 3.10. The van der Waals surface area contributed by atoms with Crippen LogP contribution in [-0.2, 0) is 0 Å². The van der Waals surface area contributed by atoms with Crippen LogP contribution in [0.3, 0.4) is 0 Å². The van der Waals surface area contributed by atoms with Crippen LogP contribution in [-0.4, -0.2) is 23.4 Å². The zero-order chi connectivity index (χ0) is 11.0. The van der Waals surface area contributed by atoms with Crippen LogP contribution in [0.15, 0.2) is 41.3 Å². The van der Waals surface area contributed by atoms with Crippen molar-refractivity contribution in [1.82, 2.24) is 5.32 Å². The molecule has 3 rings (SSSR count). The van der Waals surface area contributed by atoms with Gasteiger partial charge in [-0.1, -0.05) is 24.3 Å². The third kappa shape index (κ3) is 1.66. The van der Waals surface area contributed by atoms with E-state index in [0.717, 1.165) is 23.9 Å². The molecule has 2 aromatic rings. The van der Waals surface area contributed by atoms with E-state index in [1.807, 2.05) is 36.0 Å². The van der Waals surface area contributed by atoms with Crippen LogP contribution in [0.4, 0.5) is 0 Å². The van der Waals surface area contributed by atoms with E-state index in [4.69, 9.17) is 0 Å². The third-order valence-electron chi connectivity index (χ3n) is 2.90. The van der Waals surface area contributed by atoms with E-state index in [2.05, 4.69) is 11.4 Å². The maximum absolute atomic E-state index is 9.78. The van der Waals surface area contributed by atoms with Crippen LogP contribution >= 0.6 is 11.8 Å². The van der Waals surface area contributed by atoms with E-state index in [9.17, 15) is 5.11 Å². The van der Waals surface area contributed by atoms with Crippen molar-refractivity contribution in [2.24, 2.45) is 0 Å². The molecule has 1 heterocycles. The lowest BCUT2D eigenvalue weighted by atomic mass is 10.1. The molecular formula is C13H13NOS. The quantitative estimate of drug-likeness (QED) is 0.833. The normalized spacial score (nSPS) is 16.2. The van der Waals surface area contributed by atoms with Gasteiger partial charge in [-0.05, 0) is 17.5 Å². The van der Waals surface area contributed by atoms with E-state index in [1.165, 1.54) is 4.90 Å². The average Bonchev–Trinajstić information content (AvgIpc) is 2.26. The van der Waals surface area contributed by atoms with Crippen LogP contribution in [0.1, 0.15) is 0 Å². The number of aromatic hydroxyl groups is 1. The van der Waals surface area contributed by atoms with Crippen LogP contribution in [0.2, 0.25) is 0 Å². The average molecular weight is 231 g/mol. The molecule has 1 fully saturated rings. The van der Waals surface area contributed by atoms with Gasteiger partial charge >= 0.3 is 0 Å². The van der Waals surface area contributed by atoms with Crippen molar-refractivity contribution < 1.29 is 5.11 Å². The zero-order valence-corrected chi connectivity index (χ0v) is 9.63. The first-order valence-corrected chi connectivity index (χ1v) is 6.30. The van der Waals surface area contributed by atoms with Crippen molar-refractivity contribution in [2.45, 2.75) is 10.1 Å². The summed E-state index contributed by atoms with van der Waals surface area (Å²) in [5, 5.41) is 15.8. The molecule has 2 nitrogen and oxygen atoms in total. The van der Waals surface area contributed by atoms with Crippen molar-refractivity contribution in [3.05, 3.63) is 36.4 Å². The molecule has 3 heteroatoms. The summed E-state index contributed by atoms with van der Waals surface area (Å²) in [7, 11) is 0. The van der Waals surface area contributed by atoms with Gasteiger partial charge in [0.1, 0.15) is 5.75 Å². The number of hydrogen-bond acceptors (Lipinski definition) is 3. The summed E-state index contributed by atoms with van der Waals surface area (Å²) < 4.78 is 0. The minimum Gasteiger partial charge on any atom is -0.507 e. The number of thioether (sulfide) groups is 1. The number of benzene rings is 2. The second-order valence-electron chi connectivity index (χ2n) is 4.03. The van der Waals surface area contributed by atoms with Crippen molar-refractivity contribution in [2.75, 3.05) is 13.1 Å². The summed E-state index contributed by atoms with van der Waals surface area (Å²) in [4.78, 5) is 1.26. The van der Waals surface area contributed by atoms with Crippen LogP contribution in [0.5, 0.6) is 5.75 Å². The van der Waals surface area contributed by atoms with E-state index in [0.29, 0.717) is 11.0 Å². The first-order valence-electron chi connectivity index (χ1n) is 5.43. The molecule has 1 aliphatic rings. The standard InChI is InChI=1S/C13H13NOS/c15-12-5-6-13(16-9-7-14-8-9)11-4-2-1-3-10(11)12/h1-6,9,14-15H,7-8H2. The maximum atomic E-state index is 9.78. The molecule has 0 radical (unpaired) electrons. The Hall–Kier alpha value is -1.19. The van der Waals surface area contributed by atoms with Gasteiger partial charge in [0.25, 0.3) is 0 Å². The van der Waals surface area contributed by atoms with Gasteiger partial charge in [-0.2, -0.15) is 0 Å². The molecule has 2 N–H and O–H groups in total. The van der Waals surface area contributed by atoms with Gasteiger partial charge in [0.2, 0.25) is 0 Å². The molecule has 82 valence electrons. The minimum absolute atomic E-state index is 0.367. The molecule has 2 aromatic carbocycles. The topological polar surface area (TPSA) is 32.3 Å². The summed E-state index contributed by atoms with van der Waals surface area (Å²) in [6.45, 7) is 2.17. The molecule has 0 spiro atoms. The van der Waals surface area contributed by atoms with Gasteiger partial charge in [0.15, 0.2) is 0 Å². The number of rotatable bonds is 2. The van der Waals surface area contributed by atoms with Gasteiger partial charge in [-0.15, -0.1) is 11.8 Å². The molecule has 1 aliphatic heterocycles. The predicted octanol–water partition coefficient (Wildman–Crippen LogP) is 2.61. The summed E-state index contributed by atoms with van der Waals surface area (Å²) in [5.41, 5.74) is 0. The van der Waals surface area contributed by atoms with Crippen LogP contribution < -0.4 is 5.32 Å². The Balaban J connectivity index is 2.06. The lowest BCUT2D eigenvalue weighted by Crippen LogP contribution is -2.44. The van der Waals surface area contributed by atoms with Crippen LogP contribution in [0, 0.1) is 0 Å². The lowest BCUT2D eigenvalue weighted by Gasteiger charge is -2.26. The number of phenols is 1. The van der Waals surface area contributed by atoms with Crippen molar-refractivity contribution in [1.29, 1.82) is 0 Å². The molecule has 0 aromatic heterocycles. The van der Waals surface area contributed by atoms with Crippen molar-refractivity contribution in [3.8, 4) is 5.75 Å². The summed E-state index contributed by atoms with van der Waals surface area (Å²) >= 11 is 1.89. The second-order valence-corrected chi connectivity index (χ2v) is 5.37. The van der Waals surface area contributed by atoms with Crippen molar-refractivity contribution in [3.63, 3.8) is 0 Å². The molecule has 1 saturated heterocycles. The molecule has 16 heavy (non-hydrogen) atoms. The minimum atomic E-state index is 0.367.